The van der Waals surface area contributed by atoms with E-state index in [0.717, 1.165) is 15.6 Å². The van der Waals surface area contributed by atoms with E-state index in [1.165, 1.54) is 39.1 Å². The van der Waals surface area contributed by atoms with Crippen LogP contribution in [0.25, 0.3) is 11.4 Å². The van der Waals surface area contributed by atoms with E-state index in [0.29, 0.717) is 23.1 Å². The third-order valence-corrected chi connectivity index (χ3v) is 6.21. The number of carbonyl (C=O) groups is 2. The molecule has 1 N–H and O–H groups in total. The highest BCUT2D eigenvalue weighted by atomic mass is 79.9. The molecule has 0 saturated carbocycles. The fraction of sp³-hybridized carbons (Fsp3) is 0.240. The summed E-state index contributed by atoms with van der Waals surface area (Å²) in [5.41, 5.74) is 4.89. The van der Waals surface area contributed by atoms with Gasteiger partial charge in [0.15, 0.2) is 22.5 Å². The Kier molecular flexibility index (Phi) is 9.86. The van der Waals surface area contributed by atoms with Gasteiger partial charge in [-0.15, -0.1) is 10.2 Å². The molecule has 0 fully saturated rings. The number of rotatable bonds is 11. The number of halogens is 1. The second-order valence-corrected chi connectivity index (χ2v) is 9.64. The molecule has 1 aromatic heterocycles. The number of nitrogens with one attached hydrogen (secondary N) is 1. The molecule has 37 heavy (non-hydrogen) atoms. The lowest BCUT2D eigenvalue weighted by Crippen LogP contribution is -2.20. The van der Waals surface area contributed by atoms with Crippen molar-refractivity contribution in [2.24, 2.45) is 5.10 Å². The van der Waals surface area contributed by atoms with Crippen LogP contribution in [0.15, 0.2) is 63.3 Å². The first-order chi connectivity index (χ1) is 17.7. The van der Waals surface area contributed by atoms with Crippen LogP contribution in [0.5, 0.6) is 17.2 Å². The molecule has 0 bridgehead atoms. The Hall–Kier alpha value is -3.64. The molecule has 2 aromatic carbocycles. The number of aromatic nitrogens is 3. The minimum atomic E-state index is -0.508. The number of hydrogen-bond acceptors (Lipinski definition) is 9. The summed E-state index contributed by atoms with van der Waals surface area (Å²) in [4.78, 5) is 23.8. The number of thioether (sulfide) groups is 1. The first kappa shape index (κ1) is 27.9. The lowest BCUT2D eigenvalue weighted by atomic mass is 10.2. The van der Waals surface area contributed by atoms with E-state index in [-0.39, 0.29) is 28.9 Å². The summed E-state index contributed by atoms with van der Waals surface area (Å²) in [6.07, 6.45) is 1.43. The highest BCUT2D eigenvalue weighted by molar-refractivity contribution is 9.10. The van der Waals surface area contributed by atoms with Crippen LogP contribution in [-0.4, -0.2) is 52.8 Å². The zero-order valence-corrected chi connectivity index (χ0v) is 23.2. The van der Waals surface area contributed by atoms with E-state index in [1.54, 1.807) is 12.1 Å². The average molecular weight is 588 g/mol. The first-order valence-electron chi connectivity index (χ1n) is 10.9. The predicted molar refractivity (Wildman–Crippen MR) is 145 cm³/mol. The number of allylic oxidation sites excluding steroid dienone is 1. The Labute approximate surface area is 227 Å². The maximum Gasteiger partial charge on any atom is 0.308 e. The number of nitrogens with zero attached hydrogens (tertiary/aromatic N) is 4. The van der Waals surface area contributed by atoms with Crippen molar-refractivity contribution in [2.45, 2.75) is 25.5 Å². The maximum absolute atomic E-state index is 12.4. The van der Waals surface area contributed by atoms with Crippen molar-refractivity contribution in [1.29, 1.82) is 0 Å². The molecule has 194 valence electrons. The monoisotopic (exact) mass is 587 g/mol. The molecule has 0 aliphatic heterocycles. The van der Waals surface area contributed by atoms with Gasteiger partial charge in [0.25, 0.3) is 5.91 Å². The van der Waals surface area contributed by atoms with Crippen molar-refractivity contribution in [1.82, 2.24) is 20.2 Å². The van der Waals surface area contributed by atoms with Crippen LogP contribution in [0.1, 0.15) is 19.4 Å². The molecule has 0 radical (unpaired) electrons. The van der Waals surface area contributed by atoms with Gasteiger partial charge in [-0.25, -0.2) is 5.43 Å². The highest BCUT2D eigenvalue weighted by Gasteiger charge is 2.17. The van der Waals surface area contributed by atoms with Crippen LogP contribution in [0.2, 0.25) is 0 Å². The van der Waals surface area contributed by atoms with E-state index in [9.17, 15) is 9.59 Å². The molecule has 0 aliphatic carbocycles. The van der Waals surface area contributed by atoms with Crippen molar-refractivity contribution in [3.05, 3.63) is 58.6 Å². The number of amides is 1. The molecule has 0 aliphatic rings. The van der Waals surface area contributed by atoms with Crippen LogP contribution in [0, 0.1) is 0 Å². The zero-order chi connectivity index (χ0) is 26.9. The summed E-state index contributed by atoms with van der Waals surface area (Å²) in [6.45, 7) is 7.72. The zero-order valence-electron chi connectivity index (χ0n) is 20.8. The van der Waals surface area contributed by atoms with E-state index in [1.807, 2.05) is 35.8 Å². The van der Waals surface area contributed by atoms with Gasteiger partial charge in [0, 0.05) is 29.1 Å². The molecule has 0 spiro atoms. The Morgan fingerprint density at radius 2 is 1.78 bits per heavy atom. The fourth-order valence-corrected chi connectivity index (χ4v) is 4.18. The van der Waals surface area contributed by atoms with Gasteiger partial charge < -0.3 is 14.2 Å². The summed E-state index contributed by atoms with van der Waals surface area (Å²) in [6, 6.07) is 11.0. The molecule has 0 atom stereocenters. The lowest BCUT2D eigenvalue weighted by molar-refractivity contribution is -0.132. The summed E-state index contributed by atoms with van der Waals surface area (Å²) in [7, 11) is 2.88. The lowest BCUT2D eigenvalue weighted by Gasteiger charge is -2.13. The number of hydrazone groups is 1. The topological polar surface area (TPSA) is 117 Å². The van der Waals surface area contributed by atoms with Crippen LogP contribution in [-0.2, 0) is 16.1 Å². The summed E-state index contributed by atoms with van der Waals surface area (Å²) in [5.74, 6) is 0.669. The van der Waals surface area contributed by atoms with E-state index in [2.05, 4.69) is 43.2 Å². The normalized spacial score (nSPS) is 10.8. The standard InChI is InChI=1S/C25H26BrN5O5S/c1-15(2)13-31-24(18-6-8-19(26)9-7-18)29-30-25(31)37-14-22(33)28-27-12-17-10-20(34-4)23(36-16(3)32)21(11-17)35-5/h6-12H,1,13-14H2,2-5H3,(H,28,33). The Morgan fingerprint density at radius 1 is 1.14 bits per heavy atom. The Balaban J connectivity index is 1.68. The molecule has 3 aromatic rings. The van der Waals surface area contributed by atoms with Gasteiger partial charge in [0.05, 0.1) is 26.2 Å². The summed E-state index contributed by atoms with van der Waals surface area (Å²) in [5, 5.41) is 13.2. The molecule has 3 rings (SSSR count). The summed E-state index contributed by atoms with van der Waals surface area (Å²) < 4.78 is 18.6. The average Bonchev–Trinajstić information content (AvgIpc) is 3.25. The number of benzene rings is 2. The molecule has 0 unspecified atom stereocenters. The van der Waals surface area contributed by atoms with Gasteiger partial charge >= 0.3 is 5.97 Å². The Bertz CT molecular complexity index is 1300. The number of esters is 1. The number of hydrogen-bond donors (Lipinski definition) is 1. The maximum atomic E-state index is 12.4. The van der Waals surface area contributed by atoms with Crippen LogP contribution in [0.3, 0.4) is 0 Å². The second kappa shape index (κ2) is 13.1. The van der Waals surface area contributed by atoms with Gasteiger partial charge in [-0.1, -0.05) is 52.0 Å². The number of ether oxygens (including phenoxy) is 3. The SMILES string of the molecule is C=C(C)Cn1c(SCC(=O)NN=Cc2cc(OC)c(OC(C)=O)c(OC)c2)nnc1-c1ccc(Br)cc1. The van der Waals surface area contributed by atoms with E-state index in [4.69, 9.17) is 14.2 Å². The van der Waals surface area contributed by atoms with Gasteiger partial charge in [0.1, 0.15) is 0 Å². The Morgan fingerprint density at radius 3 is 2.35 bits per heavy atom. The minimum Gasteiger partial charge on any atom is -0.493 e. The molecule has 12 heteroatoms. The van der Waals surface area contributed by atoms with Crippen molar-refractivity contribution < 1.29 is 23.8 Å². The summed E-state index contributed by atoms with van der Waals surface area (Å²) >= 11 is 4.68. The smallest absolute Gasteiger partial charge is 0.308 e. The fourth-order valence-electron chi connectivity index (χ4n) is 3.18. The predicted octanol–water partition coefficient (Wildman–Crippen LogP) is 4.47. The highest BCUT2D eigenvalue weighted by Crippen LogP contribution is 2.38. The third kappa shape index (κ3) is 7.67. The van der Waals surface area contributed by atoms with Crippen molar-refractivity contribution in [2.75, 3.05) is 20.0 Å². The van der Waals surface area contributed by atoms with Crippen molar-refractivity contribution >= 4 is 45.8 Å². The van der Waals surface area contributed by atoms with Gasteiger partial charge in [-0.2, -0.15) is 5.10 Å². The minimum absolute atomic E-state index is 0.0734. The third-order valence-electron chi connectivity index (χ3n) is 4.71. The largest absolute Gasteiger partial charge is 0.493 e. The number of methoxy groups -OCH3 is 2. The van der Waals surface area contributed by atoms with Crippen LogP contribution < -0.4 is 19.6 Å². The molecule has 0 saturated heterocycles. The quantitative estimate of drug-likeness (QED) is 0.0872. The molecule has 1 amide bonds. The van der Waals surface area contributed by atoms with Crippen LogP contribution >= 0.6 is 27.7 Å². The molecule has 10 nitrogen and oxygen atoms in total. The van der Waals surface area contributed by atoms with Gasteiger partial charge in [0.2, 0.25) is 5.75 Å². The van der Waals surface area contributed by atoms with Gasteiger partial charge in [-0.3, -0.25) is 14.2 Å². The molecule has 1 heterocycles. The van der Waals surface area contributed by atoms with Crippen molar-refractivity contribution in [3.63, 3.8) is 0 Å². The van der Waals surface area contributed by atoms with E-state index >= 15 is 0 Å². The molecular formula is C25H26BrN5O5S. The second-order valence-electron chi connectivity index (χ2n) is 7.79. The van der Waals surface area contributed by atoms with Crippen LogP contribution in [0.4, 0.5) is 0 Å². The van der Waals surface area contributed by atoms with Gasteiger partial charge in [-0.05, 0) is 31.2 Å². The first-order valence-corrected chi connectivity index (χ1v) is 12.7. The van der Waals surface area contributed by atoms with Crippen molar-refractivity contribution in [3.8, 4) is 28.6 Å². The molecular weight excluding hydrogens is 562 g/mol. The number of carbonyl (C=O) groups excluding carboxylic acids is 2. The van der Waals surface area contributed by atoms with E-state index < -0.39 is 5.97 Å².